The molecule has 0 amide bonds. The summed E-state index contributed by atoms with van der Waals surface area (Å²) in [5.74, 6) is -0.122. The van der Waals surface area contributed by atoms with E-state index in [9.17, 15) is 9.90 Å². The van der Waals surface area contributed by atoms with Gasteiger partial charge in [-0.1, -0.05) is 18.2 Å². The van der Waals surface area contributed by atoms with E-state index in [0.29, 0.717) is 12.4 Å². The molecule has 4 rings (SSSR count). The summed E-state index contributed by atoms with van der Waals surface area (Å²) in [5.41, 5.74) is 3.96. The molecule has 224 valence electrons. The average Bonchev–Trinajstić information content (AvgIpc) is 3.41. The Balaban J connectivity index is 1.56. The Kier molecular flexibility index (Phi) is 9.46. The van der Waals surface area contributed by atoms with Crippen molar-refractivity contribution in [2.24, 2.45) is 0 Å². The summed E-state index contributed by atoms with van der Waals surface area (Å²) in [7, 11) is 0. The molecule has 1 saturated heterocycles. The van der Waals surface area contributed by atoms with E-state index >= 15 is 4.39 Å². The molecule has 4 N–H and O–H groups in total. The minimum atomic E-state index is -3.46. The van der Waals surface area contributed by atoms with Gasteiger partial charge in [-0.2, -0.15) is 9.97 Å². The van der Waals surface area contributed by atoms with Crippen molar-refractivity contribution in [3.8, 4) is 11.6 Å². The summed E-state index contributed by atoms with van der Waals surface area (Å²) in [6, 6.07) is 7.75. The average molecular weight is 613 g/mol. The first-order chi connectivity index (χ1) is 19.3. The van der Waals surface area contributed by atoms with Gasteiger partial charge in [-0.15, -0.1) is 0 Å². The van der Waals surface area contributed by atoms with Crippen LogP contribution in [0.15, 0.2) is 36.7 Å². The number of nitrogens with two attached hydrogens (primary N) is 1. The summed E-state index contributed by atoms with van der Waals surface area (Å²) < 4.78 is 46.0. The monoisotopic (exact) mass is 612 g/mol. The summed E-state index contributed by atoms with van der Waals surface area (Å²) in [4.78, 5) is 25.0. The molecule has 0 bridgehead atoms. The van der Waals surface area contributed by atoms with Crippen LogP contribution in [0.1, 0.15) is 40.8 Å². The number of hydrogen-bond acceptors (Lipinski definition) is 12. The van der Waals surface area contributed by atoms with Crippen molar-refractivity contribution in [3.63, 3.8) is 0 Å². The number of nitrogen functional groups attached to an aromatic ring is 1. The van der Waals surface area contributed by atoms with Crippen molar-refractivity contribution in [3.05, 3.63) is 36.7 Å². The standard InChI is InChI=1S/C25H34FN6O7PS/c1-6-35-21-18-20(29-24(27)30-21)32(13-28-18)23-25(5,26)19(33)17(38-23)12-36-40(41,39-16-10-8-7-9-11-16)31-15(4)22(34)37-14(2)3/h7-11,13-15,17,19,23,33H,6,12H2,1-5H3,(H,31,41)(H2,27,29,30)/t15-,17-,19-,23-,25-,40-/m1/s1. The van der Waals surface area contributed by atoms with Crippen LogP contribution in [0.3, 0.4) is 0 Å². The zero-order chi connectivity index (χ0) is 29.9. The van der Waals surface area contributed by atoms with E-state index in [0.717, 1.165) is 0 Å². The Hall–Kier alpha value is -2.94. The van der Waals surface area contributed by atoms with Crippen molar-refractivity contribution in [2.75, 3.05) is 18.9 Å². The van der Waals surface area contributed by atoms with E-state index in [2.05, 4.69) is 20.0 Å². The van der Waals surface area contributed by atoms with Crippen molar-refractivity contribution < 1.29 is 37.5 Å². The van der Waals surface area contributed by atoms with E-state index in [1.165, 1.54) is 17.8 Å². The lowest BCUT2D eigenvalue weighted by molar-refractivity contribution is -0.149. The third-order valence-electron chi connectivity index (χ3n) is 6.09. The van der Waals surface area contributed by atoms with Gasteiger partial charge in [0.2, 0.25) is 11.8 Å². The SMILES string of the molecule is CCOc1nc(N)nc2c1ncn2[C@@H]1O[C@H](CO[P@](=S)(N[C@H](C)C(=O)OC(C)C)Oc2ccccc2)[C@@H](O)[C@@]1(C)F. The van der Waals surface area contributed by atoms with Gasteiger partial charge in [0.05, 0.1) is 25.6 Å². The smallest absolute Gasteiger partial charge is 0.323 e. The van der Waals surface area contributed by atoms with Crippen LogP contribution in [0.5, 0.6) is 11.6 Å². The molecule has 2 aromatic heterocycles. The van der Waals surface area contributed by atoms with Gasteiger partial charge in [0, 0.05) is 0 Å². The minimum absolute atomic E-state index is 0.100. The predicted octanol–water partition coefficient (Wildman–Crippen LogP) is 3.04. The lowest BCUT2D eigenvalue weighted by atomic mass is 9.98. The molecule has 0 aliphatic carbocycles. The zero-order valence-corrected chi connectivity index (χ0v) is 25.0. The topological polar surface area (TPSA) is 165 Å². The number of aliphatic hydroxyl groups excluding tert-OH is 1. The fourth-order valence-corrected chi connectivity index (χ4v) is 6.59. The van der Waals surface area contributed by atoms with Gasteiger partial charge in [0.15, 0.2) is 23.1 Å². The van der Waals surface area contributed by atoms with Crippen LogP contribution in [0.4, 0.5) is 10.3 Å². The van der Waals surface area contributed by atoms with Crippen molar-refractivity contribution >= 4 is 41.5 Å². The molecule has 0 radical (unpaired) electrons. The number of carbonyl (C=O) groups excluding carboxylic acids is 1. The highest BCUT2D eigenvalue weighted by molar-refractivity contribution is 8.09. The maximum atomic E-state index is 16.1. The van der Waals surface area contributed by atoms with Gasteiger partial charge in [-0.3, -0.25) is 9.36 Å². The summed E-state index contributed by atoms with van der Waals surface area (Å²) in [6.07, 6.45) is -3.21. The number of anilines is 1. The number of nitrogens with one attached hydrogen (secondary N) is 1. The number of rotatable bonds is 12. The Morgan fingerprint density at radius 2 is 2.02 bits per heavy atom. The van der Waals surface area contributed by atoms with E-state index in [1.54, 1.807) is 58.0 Å². The van der Waals surface area contributed by atoms with Gasteiger partial charge in [-0.05, 0) is 58.6 Å². The summed E-state index contributed by atoms with van der Waals surface area (Å²) >= 11 is 5.71. The number of halogens is 1. The molecule has 3 aromatic rings. The molecule has 0 saturated carbocycles. The van der Waals surface area contributed by atoms with Crippen LogP contribution in [0.2, 0.25) is 0 Å². The number of esters is 1. The van der Waals surface area contributed by atoms with Gasteiger partial charge in [-0.25, -0.2) is 14.5 Å². The van der Waals surface area contributed by atoms with Crippen molar-refractivity contribution in [2.45, 2.75) is 70.9 Å². The third kappa shape index (κ3) is 6.93. The number of fused-ring (bicyclic) bond motifs is 1. The summed E-state index contributed by atoms with van der Waals surface area (Å²) in [6.45, 7) is 4.45. The fourth-order valence-electron chi connectivity index (χ4n) is 4.17. The molecule has 0 unspecified atom stereocenters. The fraction of sp³-hybridized carbons (Fsp3) is 0.520. The molecule has 0 spiro atoms. The number of alkyl halides is 1. The Labute approximate surface area is 241 Å². The van der Waals surface area contributed by atoms with Gasteiger partial charge >= 0.3 is 12.6 Å². The van der Waals surface area contributed by atoms with E-state index in [1.807, 2.05) is 0 Å². The molecule has 1 fully saturated rings. The van der Waals surface area contributed by atoms with E-state index in [-0.39, 0.29) is 35.7 Å². The molecule has 13 nitrogen and oxygen atoms in total. The quantitative estimate of drug-likeness (QED) is 0.202. The Bertz CT molecular complexity index is 1410. The highest BCUT2D eigenvalue weighted by atomic mass is 32.5. The highest BCUT2D eigenvalue weighted by Crippen LogP contribution is 2.48. The molecule has 1 aliphatic rings. The Morgan fingerprint density at radius 3 is 2.68 bits per heavy atom. The second-order valence-electron chi connectivity index (χ2n) is 9.80. The third-order valence-corrected chi connectivity index (χ3v) is 8.59. The molecule has 1 aromatic carbocycles. The number of ether oxygens (including phenoxy) is 3. The number of hydrogen-bond donors (Lipinski definition) is 3. The van der Waals surface area contributed by atoms with Crippen molar-refractivity contribution in [1.82, 2.24) is 24.6 Å². The molecule has 16 heteroatoms. The zero-order valence-electron chi connectivity index (χ0n) is 23.3. The number of benzene rings is 1. The number of imidazole rings is 1. The lowest BCUT2D eigenvalue weighted by Gasteiger charge is -2.28. The van der Waals surface area contributed by atoms with Crippen LogP contribution in [-0.4, -0.2) is 73.8 Å². The van der Waals surface area contributed by atoms with Crippen LogP contribution >= 0.6 is 6.64 Å². The molecule has 6 atom stereocenters. The molecule has 3 heterocycles. The predicted molar refractivity (Wildman–Crippen MR) is 151 cm³/mol. The normalized spacial score (nSPS) is 24.7. The molecular formula is C25H34FN6O7PS. The van der Waals surface area contributed by atoms with Crippen LogP contribution in [0, 0.1) is 0 Å². The Morgan fingerprint density at radius 1 is 1.32 bits per heavy atom. The minimum Gasteiger partial charge on any atom is -0.476 e. The first-order valence-electron chi connectivity index (χ1n) is 13.0. The molecule has 41 heavy (non-hydrogen) atoms. The largest absolute Gasteiger partial charge is 0.476 e. The first kappa shape index (κ1) is 31.0. The number of carbonyl (C=O) groups is 1. The number of nitrogens with zero attached hydrogens (tertiary/aromatic N) is 4. The maximum absolute atomic E-state index is 16.1. The van der Waals surface area contributed by atoms with E-state index in [4.69, 9.17) is 40.8 Å². The summed E-state index contributed by atoms with van der Waals surface area (Å²) in [5, 5.41) is 13.9. The first-order valence-corrected chi connectivity index (χ1v) is 15.6. The molecular weight excluding hydrogens is 578 g/mol. The number of aliphatic hydroxyl groups is 1. The molecule has 1 aliphatic heterocycles. The number of para-hydroxylation sites is 1. The maximum Gasteiger partial charge on any atom is 0.323 e. The van der Waals surface area contributed by atoms with Gasteiger partial charge in [0.1, 0.15) is 24.0 Å². The second-order valence-corrected chi connectivity index (χ2v) is 12.9. The van der Waals surface area contributed by atoms with Gasteiger partial charge in [0.25, 0.3) is 0 Å². The van der Waals surface area contributed by atoms with Gasteiger partial charge < -0.3 is 34.1 Å². The van der Waals surface area contributed by atoms with Crippen molar-refractivity contribution in [1.29, 1.82) is 0 Å². The van der Waals surface area contributed by atoms with Crippen LogP contribution < -0.4 is 20.1 Å². The number of aromatic nitrogens is 4. The van der Waals surface area contributed by atoms with Crippen LogP contribution in [0.25, 0.3) is 11.2 Å². The second kappa shape index (κ2) is 12.5. The lowest BCUT2D eigenvalue weighted by Crippen LogP contribution is -2.41. The highest BCUT2D eigenvalue weighted by Gasteiger charge is 2.56. The van der Waals surface area contributed by atoms with E-state index < -0.39 is 42.8 Å². The van der Waals surface area contributed by atoms with Crippen LogP contribution in [-0.2, 0) is 30.6 Å².